The van der Waals surface area contributed by atoms with E-state index >= 15 is 0 Å². The Labute approximate surface area is 227 Å². The summed E-state index contributed by atoms with van der Waals surface area (Å²) in [5.74, 6) is 6.02. The van der Waals surface area contributed by atoms with Crippen molar-refractivity contribution in [3.05, 3.63) is 52.6 Å². The van der Waals surface area contributed by atoms with Gasteiger partial charge >= 0.3 is 5.97 Å². The van der Waals surface area contributed by atoms with E-state index in [4.69, 9.17) is 4.74 Å². The second kappa shape index (κ2) is 12.1. The third-order valence-corrected chi connectivity index (χ3v) is 3.79. The summed E-state index contributed by atoms with van der Waals surface area (Å²) in [7, 11) is 0. The van der Waals surface area contributed by atoms with Gasteiger partial charge in [-0.25, -0.2) is 0 Å². The molecule has 0 aliphatic rings. The number of hydrogen-bond acceptors (Lipinski definition) is 4. The molecule has 0 amide bonds. The van der Waals surface area contributed by atoms with Crippen molar-refractivity contribution in [2.75, 3.05) is 4.43 Å². The Morgan fingerprint density at radius 2 is 1.68 bits per heavy atom. The van der Waals surface area contributed by atoms with Gasteiger partial charge in [0.1, 0.15) is 17.2 Å². The molecule has 0 saturated carbocycles. The van der Waals surface area contributed by atoms with E-state index in [1.165, 1.54) is 6.07 Å². The van der Waals surface area contributed by atoms with Crippen molar-refractivity contribution in [1.29, 1.82) is 0 Å². The molecule has 2 aromatic carbocycles. The molecule has 2 aromatic rings. The fourth-order valence-electron chi connectivity index (χ4n) is 1.88. The van der Waals surface area contributed by atoms with Crippen LogP contribution in [0, 0.1) is 108 Å². The molecule has 2 radical (unpaired) electrons. The first-order valence-corrected chi connectivity index (χ1v) is 8.35. The zero-order valence-electron chi connectivity index (χ0n) is 13.8. The van der Waals surface area contributed by atoms with Crippen LogP contribution in [0.2, 0.25) is 0 Å². The topological polar surface area (TPSA) is 66.8 Å². The molecule has 0 bridgehead atoms. The number of hydrogen-bond donors (Lipinski definition) is 2. The molecule has 0 aromatic heterocycles. The first-order chi connectivity index (χ1) is 10.9. The predicted octanol–water partition coefficient (Wildman–Crippen LogP) is 3.45. The largest absolute Gasteiger partial charge is 0.508 e. The molecule has 0 unspecified atom stereocenters. The number of halogens is 1. The number of aromatic hydroxyl groups is 2. The molecule has 0 heterocycles. The quantitative estimate of drug-likeness (QED) is 0.166. The third-order valence-electron chi connectivity index (χ3n) is 3.17. The maximum absolute atomic E-state index is 11.5. The van der Waals surface area contributed by atoms with Gasteiger partial charge < -0.3 is 14.9 Å². The van der Waals surface area contributed by atoms with Crippen molar-refractivity contribution in [2.45, 2.75) is 13.8 Å². The smallest absolute Gasteiger partial charge is 0.321 e. The summed E-state index contributed by atoms with van der Waals surface area (Å²) in [6.07, 6.45) is 0. The van der Waals surface area contributed by atoms with Crippen LogP contribution < -0.4 is 4.74 Å². The number of ether oxygens (including phenoxy) is 1. The van der Waals surface area contributed by atoms with Crippen molar-refractivity contribution in [2.24, 2.45) is 0 Å². The first kappa shape index (κ1) is 25.5. The van der Waals surface area contributed by atoms with Crippen molar-refractivity contribution in [3.8, 4) is 29.1 Å². The molecule has 0 aliphatic heterocycles. The average Bonchev–Trinajstić information content (AvgIpc) is 2.52. The number of phenols is 2. The van der Waals surface area contributed by atoms with Crippen molar-refractivity contribution in [1.82, 2.24) is 0 Å². The number of carbonyl (C=O) groups excluding carboxylic acids is 1. The van der Waals surface area contributed by atoms with E-state index in [1.807, 2.05) is 22.6 Å². The molecule has 0 aliphatic carbocycles. The summed E-state index contributed by atoms with van der Waals surface area (Å²) < 4.78 is 5.42. The molecule has 0 spiro atoms. The molecule has 7 heteroatoms. The van der Waals surface area contributed by atoms with Gasteiger partial charge in [-0.15, -0.1) is 0 Å². The van der Waals surface area contributed by atoms with Gasteiger partial charge in [-0.3, -0.25) is 4.79 Å². The van der Waals surface area contributed by atoms with E-state index in [0.29, 0.717) is 11.1 Å². The summed E-state index contributed by atoms with van der Waals surface area (Å²) in [6.45, 7) is 3.54. The minimum Gasteiger partial charge on any atom is -0.508 e. The standard InChI is InChI=1S/C18H15IO4.2Pr/c1-11-7-13(4-6-15(11)20)3-5-14-8-12(2)16(21)9-17(14)23-18(22)10-19;;/h4,6-9,20-21H,10H2,1-2H3;;. The Morgan fingerprint density at radius 1 is 1.04 bits per heavy atom. The monoisotopic (exact) mass is 704 g/mol. The third kappa shape index (κ3) is 7.58. The molecular weight excluding hydrogens is 689 g/mol. The van der Waals surface area contributed by atoms with Gasteiger partial charge in [-0.05, 0) is 49.2 Å². The Bertz CT molecular complexity index is 826. The van der Waals surface area contributed by atoms with E-state index in [1.54, 1.807) is 38.1 Å². The van der Waals surface area contributed by atoms with Gasteiger partial charge in [-0.1, -0.05) is 34.4 Å². The predicted molar refractivity (Wildman–Crippen MR) is 96.2 cm³/mol. The maximum Gasteiger partial charge on any atom is 0.321 e. The molecule has 2 rings (SSSR count). The molecule has 0 atom stereocenters. The second-order valence-corrected chi connectivity index (χ2v) is 5.76. The van der Waals surface area contributed by atoms with Crippen LogP contribution in [-0.2, 0) is 4.79 Å². The van der Waals surface area contributed by atoms with Crippen LogP contribution in [0.3, 0.4) is 0 Å². The van der Waals surface area contributed by atoms with Crippen molar-refractivity contribution < 1.29 is 102 Å². The molecule has 4 nitrogen and oxygen atoms in total. The maximum atomic E-state index is 11.5. The fourth-order valence-corrected chi connectivity index (χ4v) is 2.04. The summed E-state index contributed by atoms with van der Waals surface area (Å²) in [5, 5.41) is 19.3. The van der Waals surface area contributed by atoms with Crippen molar-refractivity contribution >= 4 is 28.6 Å². The number of alkyl halides is 1. The second-order valence-electron chi connectivity index (χ2n) is 4.99. The van der Waals surface area contributed by atoms with Crippen molar-refractivity contribution in [3.63, 3.8) is 0 Å². The average molecular weight is 704 g/mol. The van der Waals surface area contributed by atoms with Gasteiger partial charge in [0.2, 0.25) is 0 Å². The van der Waals surface area contributed by atoms with E-state index in [-0.39, 0.29) is 104 Å². The van der Waals surface area contributed by atoms with Crippen LogP contribution in [0.15, 0.2) is 30.3 Å². The SMILES string of the molecule is Cc1cc(C#Cc2cc(C)c(O)cc2OC(=O)CI)ccc1O.[Pr].[Pr]. The van der Waals surface area contributed by atoms with E-state index in [0.717, 1.165) is 11.1 Å². The summed E-state index contributed by atoms with van der Waals surface area (Å²) in [4.78, 5) is 11.5. The van der Waals surface area contributed by atoms with Gasteiger partial charge in [0.25, 0.3) is 0 Å². The van der Waals surface area contributed by atoms with E-state index < -0.39 is 5.97 Å². The van der Waals surface area contributed by atoms with E-state index in [2.05, 4.69) is 11.8 Å². The van der Waals surface area contributed by atoms with Gasteiger partial charge in [0.05, 0.1) is 9.99 Å². The molecule has 0 fully saturated rings. The number of aryl methyl sites for hydroxylation is 2. The van der Waals surface area contributed by atoms with Crippen LogP contribution in [0.25, 0.3) is 0 Å². The van der Waals surface area contributed by atoms with Gasteiger partial charge in [0, 0.05) is 94.2 Å². The minimum atomic E-state index is -0.405. The summed E-state index contributed by atoms with van der Waals surface area (Å²) in [6, 6.07) is 8.13. The number of benzene rings is 2. The number of phenolic OH excluding ortho intramolecular Hbond substituents is 2. The Hall–Kier alpha value is 0.527. The molecule has 124 valence electrons. The first-order valence-electron chi connectivity index (χ1n) is 6.82. The van der Waals surface area contributed by atoms with E-state index in [9.17, 15) is 15.0 Å². The van der Waals surface area contributed by atoms with Crippen LogP contribution >= 0.6 is 22.6 Å². The van der Waals surface area contributed by atoms with Crippen LogP contribution in [0.4, 0.5) is 0 Å². The fraction of sp³-hybridized carbons (Fsp3) is 0.167. The molecular formula is C18H15IO4Pr2. The normalized spacial score (nSPS) is 9.08. The molecule has 25 heavy (non-hydrogen) atoms. The Balaban J connectivity index is 0.00000288. The number of carbonyl (C=O) groups is 1. The zero-order chi connectivity index (χ0) is 17.0. The van der Waals surface area contributed by atoms with Gasteiger partial charge in [0.15, 0.2) is 0 Å². The Morgan fingerprint density at radius 3 is 2.28 bits per heavy atom. The Kier molecular flexibility index (Phi) is 12.3. The number of esters is 1. The molecule has 2 N–H and O–H groups in total. The number of rotatable bonds is 2. The molecule has 0 saturated heterocycles. The van der Waals surface area contributed by atoms with Crippen LogP contribution in [-0.4, -0.2) is 20.6 Å². The van der Waals surface area contributed by atoms with Crippen LogP contribution in [0.1, 0.15) is 22.3 Å². The van der Waals surface area contributed by atoms with Gasteiger partial charge in [-0.2, -0.15) is 0 Å². The summed E-state index contributed by atoms with van der Waals surface area (Å²) >= 11 is 1.91. The minimum absolute atomic E-state index is 0. The summed E-state index contributed by atoms with van der Waals surface area (Å²) in [5.41, 5.74) is 2.63. The van der Waals surface area contributed by atoms with Crippen LogP contribution in [0.5, 0.6) is 17.2 Å². The zero-order valence-corrected chi connectivity index (χ0v) is 23.4.